The van der Waals surface area contributed by atoms with Gasteiger partial charge in [0.2, 0.25) is 0 Å². The third kappa shape index (κ3) is 3.36. The second-order valence-electron chi connectivity index (χ2n) is 4.09. The summed E-state index contributed by atoms with van der Waals surface area (Å²) in [5.74, 6) is 0. The molecule has 18 heavy (non-hydrogen) atoms. The molecule has 4 heteroatoms. The van der Waals surface area contributed by atoms with Gasteiger partial charge in [0.15, 0.2) is 0 Å². The fraction of sp³-hybridized carbons (Fsp3) is 0.286. The maximum absolute atomic E-state index is 8.95. The Bertz CT molecular complexity index is 511. The summed E-state index contributed by atoms with van der Waals surface area (Å²) in [6.07, 6.45) is 7.76. The van der Waals surface area contributed by atoms with Crippen LogP contribution in [0.1, 0.15) is 18.4 Å². The fourth-order valence-corrected chi connectivity index (χ4v) is 1.80. The first-order chi connectivity index (χ1) is 8.90. The van der Waals surface area contributed by atoms with Gasteiger partial charge in [0.1, 0.15) is 6.07 Å². The summed E-state index contributed by atoms with van der Waals surface area (Å²) < 4.78 is 2.07. The smallest absolute Gasteiger partial charge is 0.101 e. The van der Waals surface area contributed by atoms with Crippen molar-refractivity contribution in [1.82, 2.24) is 9.55 Å². The van der Waals surface area contributed by atoms with E-state index in [0.29, 0.717) is 5.56 Å². The molecule has 0 bridgehead atoms. The van der Waals surface area contributed by atoms with Gasteiger partial charge < -0.3 is 9.88 Å². The van der Waals surface area contributed by atoms with E-state index in [2.05, 4.69) is 20.9 Å². The molecular weight excluding hydrogens is 224 g/mol. The number of nitrogens with zero attached hydrogens (tertiary/aromatic N) is 3. The van der Waals surface area contributed by atoms with Gasteiger partial charge in [-0.2, -0.15) is 5.26 Å². The zero-order chi connectivity index (χ0) is 12.6. The standard InChI is InChI=1S/C14H16N4/c15-11-13-5-1-2-6-14(13)17-7-3-4-9-18-10-8-16-12-18/h1-2,5-6,8,10,12,17H,3-4,7,9H2. The van der Waals surface area contributed by atoms with Crippen LogP contribution in [0, 0.1) is 11.3 Å². The number of para-hydroxylation sites is 1. The number of hydrogen-bond donors (Lipinski definition) is 1. The quantitative estimate of drug-likeness (QED) is 0.790. The Morgan fingerprint density at radius 2 is 2.17 bits per heavy atom. The van der Waals surface area contributed by atoms with Crippen molar-refractivity contribution in [2.45, 2.75) is 19.4 Å². The van der Waals surface area contributed by atoms with Crippen molar-refractivity contribution >= 4 is 5.69 Å². The van der Waals surface area contributed by atoms with Gasteiger partial charge in [0.05, 0.1) is 17.6 Å². The first-order valence-corrected chi connectivity index (χ1v) is 6.09. The van der Waals surface area contributed by atoms with E-state index in [1.165, 1.54) is 0 Å². The van der Waals surface area contributed by atoms with E-state index in [-0.39, 0.29) is 0 Å². The molecule has 1 heterocycles. The molecule has 0 amide bonds. The predicted octanol–water partition coefficient (Wildman–Crippen LogP) is 2.65. The summed E-state index contributed by atoms with van der Waals surface area (Å²) in [6, 6.07) is 9.77. The molecule has 0 radical (unpaired) electrons. The van der Waals surface area contributed by atoms with Crippen LogP contribution in [0.2, 0.25) is 0 Å². The molecule has 0 fully saturated rings. The molecule has 2 aromatic rings. The van der Waals surface area contributed by atoms with Crippen LogP contribution in [0.25, 0.3) is 0 Å². The Morgan fingerprint density at radius 1 is 1.28 bits per heavy atom. The van der Waals surface area contributed by atoms with Crippen LogP contribution in [0.15, 0.2) is 43.0 Å². The van der Waals surface area contributed by atoms with Gasteiger partial charge in [0.25, 0.3) is 0 Å². The Balaban J connectivity index is 1.71. The van der Waals surface area contributed by atoms with Crippen LogP contribution in [-0.2, 0) is 6.54 Å². The predicted molar refractivity (Wildman–Crippen MR) is 71.1 cm³/mol. The second-order valence-corrected chi connectivity index (χ2v) is 4.09. The van der Waals surface area contributed by atoms with E-state index in [4.69, 9.17) is 5.26 Å². The lowest BCUT2D eigenvalue weighted by Gasteiger charge is -2.07. The van der Waals surface area contributed by atoms with E-state index in [9.17, 15) is 0 Å². The van der Waals surface area contributed by atoms with E-state index >= 15 is 0 Å². The number of aryl methyl sites for hydroxylation is 1. The van der Waals surface area contributed by atoms with Crippen LogP contribution in [0.4, 0.5) is 5.69 Å². The van der Waals surface area contributed by atoms with Crippen molar-refractivity contribution in [2.75, 3.05) is 11.9 Å². The SMILES string of the molecule is N#Cc1ccccc1NCCCCn1ccnc1. The van der Waals surface area contributed by atoms with E-state index in [0.717, 1.165) is 31.6 Å². The number of rotatable bonds is 6. The summed E-state index contributed by atoms with van der Waals surface area (Å²) in [7, 11) is 0. The fourth-order valence-electron chi connectivity index (χ4n) is 1.80. The van der Waals surface area contributed by atoms with Crippen LogP contribution in [0.5, 0.6) is 0 Å². The highest BCUT2D eigenvalue weighted by molar-refractivity contribution is 5.56. The van der Waals surface area contributed by atoms with Crippen molar-refractivity contribution < 1.29 is 0 Å². The van der Waals surface area contributed by atoms with Crippen LogP contribution >= 0.6 is 0 Å². The Kier molecular flexibility index (Phi) is 4.37. The average molecular weight is 240 g/mol. The number of benzene rings is 1. The second kappa shape index (κ2) is 6.45. The molecule has 2 rings (SSSR count). The highest BCUT2D eigenvalue weighted by atomic mass is 15.0. The molecule has 1 aromatic carbocycles. The topological polar surface area (TPSA) is 53.6 Å². The number of imidazole rings is 1. The monoisotopic (exact) mass is 240 g/mol. The highest BCUT2D eigenvalue weighted by Crippen LogP contribution is 2.13. The lowest BCUT2D eigenvalue weighted by atomic mass is 10.2. The Hall–Kier alpha value is -2.28. The lowest BCUT2D eigenvalue weighted by Crippen LogP contribution is -2.04. The van der Waals surface area contributed by atoms with Gasteiger partial charge in [-0.25, -0.2) is 4.98 Å². The molecule has 0 unspecified atom stereocenters. The number of aromatic nitrogens is 2. The molecule has 0 saturated heterocycles. The van der Waals surface area contributed by atoms with Crippen molar-refractivity contribution in [2.24, 2.45) is 0 Å². The molecule has 0 saturated carbocycles. The summed E-state index contributed by atoms with van der Waals surface area (Å²) in [5.41, 5.74) is 1.62. The minimum absolute atomic E-state index is 0.701. The van der Waals surface area contributed by atoms with Gasteiger partial charge in [0, 0.05) is 25.5 Å². The zero-order valence-corrected chi connectivity index (χ0v) is 10.2. The number of unbranched alkanes of at least 4 members (excludes halogenated alkanes) is 1. The summed E-state index contributed by atoms with van der Waals surface area (Å²) in [5, 5.41) is 12.2. The Labute approximate surface area is 107 Å². The first-order valence-electron chi connectivity index (χ1n) is 6.09. The zero-order valence-electron chi connectivity index (χ0n) is 10.2. The van der Waals surface area contributed by atoms with Crippen molar-refractivity contribution in [3.63, 3.8) is 0 Å². The summed E-state index contributed by atoms with van der Waals surface area (Å²) in [4.78, 5) is 4.00. The third-order valence-electron chi connectivity index (χ3n) is 2.77. The highest BCUT2D eigenvalue weighted by Gasteiger charge is 1.98. The van der Waals surface area contributed by atoms with E-state index < -0.39 is 0 Å². The Morgan fingerprint density at radius 3 is 2.94 bits per heavy atom. The van der Waals surface area contributed by atoms with Crippen molar-refractivity contribution in [3.05, 3.63) is 48.5 Å². The van der Waals surface area contributed by atoms with Crippen LogP contribution in [-0.4, -0.2) is 16.1 Å². The van der Waals surface area contributed by atoms with E-state index in [1.54, 1.807) is 6.20 Å². The van der Waals surface area contributed by atoms with Gasteiger partial charge >= 0.3 is 0 Å². The molecular formula is C14H16N4. The van der Waals surface area contributed by atoms with Gasteiger partial charge in [-0.3, -0.25) is 0 Å². The number of hydrogen-bond acceptors (Lipinski definition) is 3. The molecule has 0 atom stereocenters. The maximum Gasteiger partial charge on any atom is 0.101 e. The average Bonchev–Trinajstić information content (AvgIpc) is 2.92. The summed E-state index contributed by atoms with van der Waals surface area (Å²) >= 11 is 0. The largest absolute Gasteiger partial charge is 0.384 e. The minimum Gasteiger partial charge on any atom is -0.384 e. The third-order valence-corrected chi connectivity index (χ3v) is 2.77. The first kappa shape index (κ1) is 12.2. The molecule has 0 spiro atoms. The molecule has 1 N–H and O–H groups in total. The number of anilines is 1. The summed E-state index contributed by atoms with van der Waals surface area (Å²) in [6.45, 7) is 1.87. The lowest BCUT2D eigenvalue weighted by molar-refractivity contribution is 0.621. The minimum atomic E-state index is 0.701. The van der Waals surface area contributed by atoms with Gasteiger partial charge in [-0.1, -0.05) is 12.1 Å². The normalized spacial score (nSPS) is 9.94. The molecule has 92 valence electrons. The van der Waals surface area contributed by atoms with Gasteiger partial charge in [-0.05, 0) is 25.0 Å². The molecule has 0 aliphatic heterocycles. The number of nitriles is 1. The molecule has 1 aromatic heterocycles. The maximum atomic E-state index is 8.95. The van der Waals surface area contributed by atoms with Crippen LogP contribution in [0.3, 0.4) is 0 Å². The molecule has 0 aliphatic carbocycles. The van der Waals surface area contributed by atoms with Crippen molar-refractivity contribution in [3.8, 4) is 6.07 Å². The van der Waals surface area contributed by atoms with Crippen LogP contribution < -0.4 is 5.32 Å². The van der Waals surface area contributed by atoms with Crippen molar-refractivity contribution in [1.29, 1.82) is 5.26 Å². The molecule has 0 aliphatic rings. The molecule has 4 nitrogen and oxygen atoms in total. The van der Waals surface area contributed by atoms with Gasteiger partial charge in [-0.15, -0.1) is 0 Å². The number of nitrogens with one attached hydrogen (secondary N) is 1. The van der Waals surface area contributed by atoms with E-state index in [1.807, 2.05) is 36.8 Å².